The number of benzene rings is 1. The van der Waals surface area contributed by atoms with Gasteiger partial charge in [-0.1, -0.05) is 32.4 Å². The zero-order valence-corrected chi connectivity index (χ0v) is 9.77. The van der Waals surface area contributed by atoms with Crippen LogP contribution in [0.25, 0.3) is 0 Å². The minimum absolute atomic E-state index is 0.150. The highest BCUT2D eigenvalue weighted by atomic mass is 35.5. The lowest BCUT2D eigenvalue weighted by molar-refractivity contribution is 0.0858. The van der Waals surface area contributed by atoms with Crippen molar-refractivity contribution in [3.05, 3.63) is 34.3 Å². The van der Waals surface area contributed by atoms with Gasteiger partial charge in [-0.2, -0.15) is 0 Å². The van der Waals surface area contributed by atoms with Crippen LogP contribution in [0.1, 0.15) is 36.7 Å². The molecule has 14 heavy (non-hydrogen) atoms. The van der Waals surface area contributed by atoms with Gasteiger partial charge >= 0.3 is 0 Å². The maximum Gasteiger partial charge on any atom is 0.168 e. The van der Waals surface area contributed by atoms with Crippen molar-refractivity contribution in [1.82, 2.24) is 0 Å². The maximum absolute atomic E-state index is 11.9. The van der Waals surface area contributed by atoms with Gasteiger partial charge in [0, 0.05) is 16.0 Å². The molecule has 0 fully saturated rings. The van der Waals surface area contributed by atoms with Gasteiger partial charge in [0.05, 0.1) is 0 Å². The van der Waals surface area contributed by atoms with E-state index in [4.69, 9.17) is 11.6 Å². The number of carbonyl (C=O) groups excluding carboxylic acids is 1. The summed E-state index contributed by atoms with van der Waals surface area (Å²) in [4.78, 5) is 11.9. The third-order valence-electron chi connectivity index (χ3n) is 2.10. The Hall–Kier alpha value is -0.820. The van der Waals surface area contributed by atoms with E-state index in [-0.39, 0.29) is 11.2 Å². The van der Waals surface area contributed by atoms with Gasteiger partial charge in [-0.05, 0) is 30.7 Å². The lowest BCUT2D eigenvalue weighted by atomic mass is 9.86. The summed E-state index contributed by atoms with van der Waals surface area (Å²) in [7, 11) is 0. The summed E-state index contributed by atoms with van der Waals surface area (Å²) in [6.07, 6.45) is 0. The van der Waals surface area contributed by atoms with Crippen molar-refractivity contribution >= 4 is 17.4 Å². The van der Waals surface area contributed by atoms with E-state index < -0.39 is 0 Å². The average molecular weight is 211 g/mol. The van der Waals surface area contributed by atoms with Gasteiger partial charge in [0.25, 0.3) is 0 Å². The Balaban J connectivity index is 3.10. The fourth-order valence-corrected chi connectivity index (χ4v) is 1.34. The summed E-state index contributed by atoms with van der Waals surface area (Å²) in [6, 6.07) is 5.40. The Morgan fingerprint density at radius 1 is 1.29 bits per heavy atom. The van der Waals surface area contributed by atoms with Crippen LogP contribution in [0, 0.1) is 12.3 Å². The fraction of sp³-hybridized carbons (Fsp3) is 0.417. The lowest BCUT2D eigenvalue weighted by Crippen LogP contribution is -2.20. The number of aryl methyl sites for hydroxylation is 1. The molecule has 0 amide bonds. The van der Waals surface area contributed by atoms with Crippen LogP contribution in [0.5, 0.6) is 0 Å². The van der Waals surface area contributed by atoms with Crippen molar-refractivity contribution in [1.29, 1.82) is 0 Å². The molecule has 0 bridgehead atoms. The number of Topliss-reactive ketones (excluding diaryl/α,β-unsaturated/α-hetero) is 1. The first-order valence-corrected chi connectivity index (χ1v) is 5.01. The largest absolute Gasteiger partial charge is 0.294 e. The van der Waals surface area contributed by atoms with Gasteiger partial charge in [-0.3, -0.25) is 4.79 Å². The molecular weight excluding hydrogens is 196 g/mol. The summed E-state index contributed by atoms with van der Waals surface area (Å²) in [5.74, 6) is 0.150. The van der Waals surface area contributed by atoms with Crippen molar-refractivity contribution < 1.29 is 4.79 Å². The maximum atomic E-state index is 11.9. The van der Waals surface area contributed by atoms with Gasteiger partial charge in [-0.25, -0.2) is 0 Å². The predicted octanol–water partition coefficient (Wildman–Crippen LogP) is 3.88. The summed E-state index contributed by atoms with van der Waals surface area (Å²) in [6.45, 7) is 7.65. The monoisotopic (exact) mass is 210 g/mol. The molecule has 1 aromatic rings. The Bertz CT molecular complexity index is 361. The SMILES string of the molecule is Cc1cc(C(=O)C(C)(C)C)ccc1Cl. The number of ketones is 1. The van der Waals surface area contributed by atoms with Crippen molar-refractivity contribution in [3.8, 4) is 0 Å². The first-order chi connectivity index (χ1) is 6.32. The van der Waals surface area contributed by atoms with E-state index in [0.29, 0.717) is 5.02 Å². The second kappa shape index (κ2) is 3.74. The van der Waals surface area contributed by atoms with Gasteiger partial charge in [0.2, 0.25) is 0 Å². The third kappa shape index (κ3) is 2.36. The minimum atomic E-state index is -0.333. The Morgan fingerprint density at radius 2 is 1.86 bits per heavy atom. The first-order valence-electron chi connectivity index (χ1n) is 4.63. The van der Waals surface area contributed by atoms with E-state index in [0.717, 1.165) is 11.1 Å². The van der Waals surface area contributed by atoms with Crippen LogP contribution in [0.4, 0.5) is 0 Å². The second-order valence-corrected chi connectivity index (χ2v) is 4.95. The molecule has 0 radical (unpaired) electrons. The molecular formula is C12H15ClO. The van der Waals surface area contributed by atoms with Crippen molar-refractivity contribution in [2.45, 2.75) is 27.7 Å². The zero-order valence-electron chi connectivity index (χ0n) is 9.02. The Morgan fingerprint density at radius 3 is 2.29 bits per heavy atom. The summed E-state index contributed by atoms with van der Waals surface area (Å²) in [5, 5.41) is 0.704. The fourth-order valence-electron chi connectivity index (χ4n) is 1.22. The smallest absolute Gasteiger partial charge is 0.168 e. The molecule has 0 aliphatic heterocycles. The van der Waals surface area contributed by atoms with E-state index in [1.807, 2.05) is 33.8 Å². The standard InChI is InChI=1S/C12H15ClO/c1-8-7-9(5-6-10(8)13)11(14)12(2,3)4/h5-7H,1-4H3. The highest BCUT2D eigenvalue weighted by Crippen LogP contribution is 2.23. The molecule has 0 N–H and O–H groups in total. The van der Waals surface area contributed by atoms with Crippen LogP contribution in [-0.2, 0) is 0 Å². The second-order valence-electron chi connectivity index (χ2n) is 4.54. The number of hydrogen-bond acceptors (Lipinski definition) is 1. The summed E-state index contributed by atoms with van der Waals surface area (Å²) < 4.78 is 0. The topological polar surface area (TPSA) is 17.1 Å². The van der Waals surface area contributed by atoms with E-state index in [1.165, 1.54) is 0 Å². The lowest BCUT2D eigenvalue weighted by Gasteiger charge is -2.16. The molecule has 0 aliphatic rings. The van der Waals surface area contributed by atoms with Crippen LogP contribution in [-0.4, -0.2) is 5.78 Å². The number of rotatable bonds is 1. The van der Waals surface area contributed by atoms with Crippen LogP contribution in [0.15, 0.2) is 18.2 Å². The molecule has 0 spiro atoms. The third-order valence-corrected chi connectivity index (χ3v) is 2.53. The first kappa shape index (κ1) is 11.3. The molecule has 0 saturated carbocycles. The minimum Gasteiger partial charge on any atom is -0.294 e. The molecule has 0 atom stereocenters. The van der Waals surface area contributed by atoms with E-state index in [9.17, 15) is 4.79 Å². The van der Waals surface area contributed by atoms with Crippen molar-refractivity contribution in [3.63, 3.8) is 0 Å². The molecule has 1 aromatic carbocycles. The van der Waals surface area contributed by atoms with Gasteiger partial charge in [0.1, 0.15) is 0 Å². The van der Waals surface area contributed by atoms with Crippen LogP contribution >= 0.6 is 11.6 Å². The molecule has 0 aromatic heterocycles. The van der Waals surface area contributed by atoms with E-state index >= 15 is 0 Å². The Labute approximate surface area is 90.1 Å². The predicted molar refractivity (Wildman–Crippen MR) is 60.0 cm³/mol. The highest BCUT2D eigenvalue weighted by Gasteiger charge is 2.22. The van der Waals surface area contributed by atoms with Gasteiger partial charge in [0.15, 0.2) is 5.78 Å². The summed E-state index contributed by atoms with van der Waals surface area (Å²) in [5.41, 5.74) is 1.35. The molecule has 76 valence electrons. The molecule has 0 aliphatic carbocycles. The van der Waals surface area contributed by atoms with Crippen LogP contribution in [0.2, 0.25) is 5.02 Å². The average Bonchev–Trinajstić information content (AvgIpc) is 2.07. The van der Waals surface area contributed by atoms with Gasteiger partial charge in [-0.15, -0.1) is 0 Å². The number of carbonyl (C=O) groups is 1. The quantitative estimate of drug-likeness (QED) is 0.643. The Kier molecular flexibility index (Phi) is 3.01. The molecule has 1 rings (SSSR count). The zero-order chi connectivity index (χ0) is 10.9. The highest BCUT2D eigenvalue weighted by molar-refractivity contribution is 6.31. The van der Waals surface area contributed by atoms with Crippen molar-refractivity contribution in [2.24, 2.45) is 5.41 Å². The molecule has 0 saturated heterocycles. The molecule has 1 nitrogen and oxygen atoms in total. The molecule has 0 heterocycles. The van der Waals surface area contributed by atoms with Crippen LogP contribution < -0.4 is 0 Å². The number of hydrogen-bond donors (Lipinski definition) is 0. The summed E-state index contributed by atoms with van der Waals surface area (Å²) >= 11 is 5.89. The van der Waals surface area contributed by atoms with Gasteiger partial charge < -0.3 is 0 Å². The van der Waals surface area contributed by atoms with E-state index in [1.54, 1.807) is 12.1 Å². The molecule has 2 heteroatoms. The molecule has 0 unspecified atom stereocenters. The van der Waals surface area contributed by atoms with Crippen molar-refractivity contribution in [2.75, 3.05) is 0 Å². The van der Waals surface area contributed by atoms with E-state index in [2.05, 4.69) is 0 Å². The number of halogens is 1. The van der Waals surface area contributed by atoms with Crippen LogP contribution in [0.3, 0.4) is 0 Å². The normalized spacial score (nSPS) is 11.5.